The maximum atomic E-state index is 4.37. The number of hydrogen-bond acceptors (Lipinski definition) is 4. The van der Waals surface area contributed by atoms with Crippen LogP contribution in [0.1, 0.15) is 23.6 Å². The first-order valence-electron chi connectivity index (χ1n) is 7.71. The van der Waals surface area contributed by atoms with Crippen LogP contribution >= 0.6 is 11.8 Å². The van der Waals surface area contributed by atoms with E-state index >= 15 is 0 Å². The van der Waals surface area contributed by atoms with E-state index in [0.29, 0.717) is 0 Å². The summed E-state index contributed by atoms with van der Waals surface area (Å²) in [5.74, 6) is 1.80. The molecule has 3 rings (SSSR count). The number of hydrogen-bond donors (Lipinski definition) is 0. The van der Waals surface area contributed by atoms with Gasteiger partial charge in [0.1, 0.15) is 0 Å². The predicted octanol–water partition coefficient (Wildman–Crippen LogP) is 4.27. The standard InChI is InChI=1S/C18H20N4S/c1-4-22-17(16-7-9-19-10-8-16)20-21-18(22)23-12-15-6-5-13(2)14(3)11-15/h5-11H,4,12H2,1-3H3. The van der Waals surface area contributed by atoms with Gasteiger partial charge in [0.25, 0.3) is 0 Å². The van der Waals surface area contributed by atoms with E-state index in [2.05, 4.69) is 58.7 Å². The van der Waals surface area contributed by atoms with E-state index in [0.717, 1.165) is 28.8 Å². The molecule has 118 valence electrons. The number of aryl methyl sites for hydroxylation is 2. The first-order chi connectivity index (χ1) is 11.2. The Morgan fingerprint density at radius 3 is 2.48 bits per heavy atom. The molecule has 1 aromatic carbocycles. The van der Waals surface area contributed by atoms with Crippen LogP contribution in [0.15, 0.2) is 47.9 Å². The van der Waals surface area contributed by atoms with Gasteiger partial charge in [-0.3, -0.25) is 4.98 Å². The van der Waals surface area contributed by atoms with Gasteiger partial charge in [-0.15, -0.1) is 10.2 Å². The van der Waals surface area contributed by atoms with Gasteiger partial charge < -0.3 is 4.57 Å². The van der Waals surface area contributed by atoms with Crippen molar-refractivity contribution in [2.45, 2.75) is 38.2 Å². The molecule has 0 aliphatic carbocycles. The second kappa shape index (κ2) is 6.96. The van der Waals surface area contributed by atoms with Crippen LogP contribution in [0.3, 0.4) is 0 Å². The first kappa shape index (κ1) is 15.7. The number of benzene rings is 1. The molecule has 0 amide bonds. The van der Waals surface area contributed by atoms with Crippen molar-refractivity contribution in [3.05, 3.63) is 59.4 Å². The van der Waals surface area contributed by atoms with Gasteiger partial charge in [0.2, 0.25) is 0 Å². The van der Waals surface area contributed by atoms with E-state index < -0.39 is 0 Å². The first-order valence-corrected chi connectivity index (χ1v) is 8.70. The second-order valence-corrected chi connectivity index (χ2v) is 6.44. The van der Waals surface area contributed by atoms with E-state index in [1.807, 2.05) is 12.1 Å². The molecule has 0 spiro atoms. The summed E-state index contributed by atoms with van der Waals surface area (Å²) in [7, 11) is 0. The molecule has 0 atom stereocenters. The molecular weight excluding hydrogens is 304 g/mol. The molecular formula is C18H20N4S. The summed E-state index contributed by atoms with van der Waals surface area (Å²) in [6.45, 7) is 7.26. The molecule has 0 unspecified atom stereocenters. The third-order valence-corrected chi connectivity index (χ3v) is 4.95. The monoisotopic (exact) mass is 324 g/mol. The molecule has 0 saturated heterocycles. The van der Waals surface area contributed by atoms with Crippen LogP contribution in [0.25, 0.3) is 11.4 Å². The Balaban J connectivity index is 1.81. The molecule has 0 aliphatic heterocycles. The highest BCUT2D eigenvalue weighted by molar-refractivity contribution is 7.98. The maximum Gasteiger partial charge on any atom is 0.191 e. The molecule has 4 nitrogen and oxygen atoms in total. The highest BCUT2D eigenvalue weighted by Crippen LogP contribution is 2.26. The molecule has 5 heteroatoms. The molecule has 0 radical (unpaired) electrons. The van der Waals surface area contributed by atoms with Gasteiger partial charge >= 0.3 is 0 Å². The van der Waals surface area contributed by atoms with Gasteiger partial charge in [-0.1, -0.05) is 30.0 Å². The Morgan fingerprint density at radius 1 is 1.00 bits per heavy atom. The smallest absolute Gasteiger partial charge is 0.191 e. The molecule has 23 heavy (non-hydrogen) atoms. The third kappa shape index (κ3) is 3.45. The quantitative estimate of drug-likeness (QED) is 0.657. The van der Waals surface area contributed by atoms with E-state index in [-0.39, 0.29) is 0 Å². The fourth-order valence-electron chi connectivity index (χ4n) is 2.44. The number of nitrogens with zero attached hydrogens (tertiary/aromatic N) is 4. The molecule has 0 fully saturated rings. The average molecular weight is 324 g/mol. The van der Waals surface area contributed by atoms with Crippen molar-refractivity contribution >= 4 is 11.8 Å². The zero-order chi connectivity index (χ0) is 16.2. The Bertz CT molecular complexity index is 796. The van der Waals surface area contributed by atoms with Crippen LogP contribution in [0.5, 0.6) is 0 Å². The lowest BCUT2D eigenvalue weighted by Crippen LogP contribution is -2.00. The summed E-state index contributed by atoms with van der Waals surface area (Å²) in [5, 5.41) is 9.70. The summed E-state index contributed by atoms with van der Waals surface area (Å²) in [4.78, 5) is 4.06. The third-order valence-electron chi connectivity index (χ3n) is 3.91. The van der Waals surface area contributed by atoms with Crippen molar-refractivity contribution in [3.63, 3.8) is 0 Å². The molecule has 3 aromatic rings. The molecule has 2 aromatic heterocycles. The van der Waals surface area contributed by atoms with Crippen LogP contribution in [0, 0.1) is 13.8 Å². The fraction of sp³-hybridized carbons (Fsp3) is 0.278. The predicted molar refractivity (Wildman–Crippen MR) is 94.4 cm³/mol. The van der Waals surface area contributed by atoms with Crippen molar-refractivity contribution in [2.75, 3.05) is 0 Å². The van der Waals surface area contributed by atoms with Crippen LogP contribution in [0.2, 0.25) is 0 Å². The lowest BCUT2D eigenvalue weighted by Gasteiger charge is -2.08. The second-order valence-electron chi connectivity index (χ2n) is 5.49. The summed E-state index contributed by atoms with van der Waals surface area (Å²) in [5.41, 5.74) is 5.02. The van der Waals surface area contributed by atoms with Gasteiger partial charge in [-0.25, -0.2) is 0 Å². The minimum absolute atomic E-state index is 0.847. The van der Waals surface area contributed by atoms with Crippen molar-refractivity contribution in [1.82, 2.24) is 19.7 Å². The van der Waals surface area contributed by atoms with Crippen LogP contribution in [0.4, 0.5) is 0 Å². The van der Waals surface area contributed by atoms with Gasteiger partial charge in [0.15, 0.2) is 11.0 Å². The zero-order valence-corrected chi connectivity index (χ0v) is 14.5. The number of thioether (sulfide) groups is 1. The largest absolute Gasteiger partial charge is 0.302 e. The lowest BCUT2D eigenvalue weighted by molar-refractivity contribution is 0.687. The fourth-order valence-corrected chi connectivity index (χ4v) is 3.38. The summed E-state index contributed by atoms with van der Waals surface area (Å²) in [6.07, 6.45) is 3.57. The topological polar surface area (TPSA) is 43.6 Å². The Kier molecular flexibility index (Phi) is 4.76. The molecule has 0 bridgehead atoms. The van der Waals surface area contributed by atoms with Crippen LogP contribution in [-0.4, -0.2) is 19.7 Å². The molecule has 0 N–H and O–H groups in total. The Hall–Kier alpha value is -2.14. The van der Waals surface area contributed by atoms with E-state index in [1.54, 1.807) is 24.2 Å². The van der Waals surface area contributed by atoms with E-state index in [1.165, 1.54) is 16.7 Å². The highest BCUT2D eigenvalue weighted by atomic mass is 32.2. The Morgan fingerprint density at radius 2 is 1.78 bits per heavy atom. The van der Waals surface area contributed by atoms with E-state index in [9.17, 15) is 0 Å². The van der Waals surface area contributed by atoms with Crippen LogP contribution in [-0.2, 0) is 12.3 Å². The van der Waals surface area contributed by atoms with Crippen molar-refractivity contribution in [1.29, 1.82) is 0 Å². The van der Waals surface area contributed by atoms with Gasteiger partial charge in [0, 0.05) is 30.3 Å². The van der Waals surface area contributed by atoms with Gasteiger partial charge in [-0.05, 0) is 49.6 Å². The number of aromatic nitrogens is 4. The van der Waals surface area contributed by atoms with Crippen molar-refractivity contribution in [3.8, 4) is 11.4 Å². The SMILES string of the molecule is CCn1c(SCc2ccc(C)c(C)c2)nnc1-c1ccncc1. The number of rotatable bonds is 5. The van der Waals surface area contributed by atoms with Crippen LogP contribution < -0.4 is 0 Å². The minimum atomic E-state index is 0.847. The van der Waals surface area contributed by atoms with E-state index in [4.69, 9.17) is 0 Å². The summed E-state index contributed by atoms with van der Waals surface area (Å²) in [6, 6.07) is 10.5. The average Bonchev–Trinajstić information content (AvgIpc) is 2.99. The lowest BCUT2D eigenvalue weighted by atomic mass is 10.1. The normalized spacial score (nSPS) is 10.9. The van der Waals surface area contributed by atoms with Crippen molar-refractivity contribution in [2.24, 2.45) is 0 Å². The summed E-state index contributed by atoms with van der Waals surface area (Å²) < 4.78 is 2.15. The number of pyridine rings is 1. The highest BCUT2D eigenvalue weighted by Gasteiger charge is 2.13. The minimum Gasteiger partial charge on any atom is -0.302 e. The van der Waals surface area contributed by atoms with Gasteiger partial charge in [0.05, 0.1) is 0 Å². The molecule has 2 heterocycles. The van der Waals surface area contributed by atoms with Gasteiger partial charge in [-0.2, -0.15) is 0 Å². The molecule has 0 aliphatic rings. The summed E-state index contributed by atoms with van der Waals surface area (Å²) >= 11 is 1.73. The Labute approximate surface area is 141 Å². The van der Waals surface area contributed by atoms with Crippen molar-refractivity contribution < 1.29 is 0 Å². The zero-order valence-electron chi connectivity index (χ0n) is 13.7. The maximum absolute atomic E-state index is 4.37. The molecule has 0 saturated carbocycles.